The molecule has 0 aliphatic rings. The number of hydrogen-bond acceptors (Lipinski definition) is 6. The molecule has 0 spiro atoms. The zero-order valence-electron chi connectivity index (χ0n) is 9.62. The van der Waals surface area contributed by atoms with Gasteiger partial charge in [-0.2, -0.15) is 0 Å². The fraction of sp³-hybridized carbons (Fsp3) is 0.333. The van der Waals surface area contributed by atoms with Gasteiger partial charge in [0.2, 0.25) is 11.0 Å². The van der Waals surface area contributed by atoms with E-state index >= 15 is 0 Å². The van der Waals surface area contributed by atoms with Gasteiger partial charge in [0.25, 0.3) is 15.9 Å². The average Bonchev–Trinajstić information content (AvgIpc) is 2.73. The van der Waals surface area contributed by atoms with Gasteiger partial charge in [-0.15, -0.1) is 0 Å². The second-order valence-corrected chi connectivity index (χ2v) is 4.92. The summed E-state index contributed by atoms with van der Waals surface area (Å²) in [5, 5.41) is 4.29. The number of imide groups is 1. The van der Waals surface area contributed by atoms with E-state index in [-0.39, 0.29) is 18.8 Å². The van der Waals surface area contributed by atoms with Gasteiger partial charge in [0.15, 0.2) is 5.76 Å². The van der Waals surface area contributed by atoms with Gasteiger partial charge >= 0.3 is 0 Å². The first-order valence-corrected chi connectivity index (χ1v) is 6.47. The summed E-state index contributed by atoms with van der Waals surface area (Å²) in [5.41, 5.74) is 5.26. The monoisotopic (exact) mass is 275 g/mol. The van der Waals surface area contributed by atoms with Gasteiger partial charge < -0.3 is 10.2 Å². The minimum absolute atomic E-state index is 0.0135. The first kappa shape index (κ1) is 14.4. The maximum atomic E-state index is 11.8. The summed E-state index contributed by atoms with van der Waals surface area (Å²) in [6.45, 7) is 1.30. The Labute approximate surface area is 104 Å². The van der Waals surface area contributed by atoms with Crippen molar-refractivity contribution in [1.82, 2.24) is 4.90 Å². The molecule has 0 fully saturated rings. The number of amides is 2. The van der Waals surface area contributed by atoms with Crippen molar-refractivity contribution in [3.05, 3.63) is 17.9 Å². The van der Waals surface area contributed by atoms with E-state index in [9.17, 15) is 18.0 Å². The van der Waals surface area contributed by atoms with E-state index < -0.39 is 26.9 Å². The van der Waals surface area contributed by atoms with Crippen LogP contribution in [0.3, 0.4) is 0 Å². The Kier molecular flexibility index (Phi) is 4.22. The number of sulfonamides is 1. The summed E-state index contributed by atoms with van der Waals surface area (Å²) in [6, 6.07) is 2.18. The zero-order chi connectivity index (χ0) is 13.9. The molecule has 8 nitrogen and oxygen atoms in total. The molecule has 9 heteroatoms. The number of rotatable bonds is 4. The van der Waals surface area contributed by atoms with Crippen LogP contribution in [0.4, 0.5) is 0 Å². The molecule has 0 saturated carbocycles. The maximum absolute atomic E-state index is 11.8. The van der Waals surface area contributed by atoms with Gasteiger partial charge in [0, 0.05) is 20.0 Å². The summed E-state index contributed by atoms with van der Waals surface area (Å²) in [4.78, 5) is 23.9. The van der Waals surface area contributed by atoms with Crippen molar-refractivity contribution >= 4 is 21.8 Å². The van der Waals surface area contributed by atoms with Crippen molar-refractivity contribution < 1.29 is 22.4 Å². The van der Waals surface area contributed by atoms with Gasteiger partial charge in [-0.3, -0.25) is 14.5 Å². The highest BCUT2D eigenvalue weighted by molar-refractivity contribution is 7.89. The Morgan fingerprint density at radius 2 is 2.00 bits per heavy atom. The number of nitrogens with two attached hydrogens (primary N) is 2. The van der Waals surface area contributed by atoms with Crippen molar-refractivity contribution in [3.8, 4) is 0 Å². The van der Waals surface area contributed by atoms with Crippen molar-refractivity contribution in [3.63, 3.8) is 0 Å². The minimum atomic E-state index is -4.02. The second kappa shape index (κ2) is 5.29. The zero-order valence-corrected chi connectivity index (χ0v) is 10.4. The van der Waals surface area contributed by atoms with Crippen molar-refractivity contribution in [2.75, 3.05) is 13.1 Å². The predicted molar refractivity (Wildman–Crippen MR) is 60.9 cm³/mol. The molecular formula is C9H13N3O5S. The summed E-state index contributed by atoms with van der Waals surface area (Å²) in [5.74, 6) is -1.57. The standard InChI is InChI=1S/C9H13N3O5S/c1-6(13)12(5-4-10)9(14)7-2-3-8(17-7)18(11,15)16/h2-3H,4-5,10H2,1H3,(H2,11,15,16). The van der Waals surface area contributed by atoms with Crippen LogP contribution in [0.1, 0.15) is 17.5 Å². The van der Waals surface area contributed by atoms with E-state index in [1.807, 2.05) is 0 Å². The highest BCUT2D eigenvalue weighted by atomic mass is 32.2. The van der Waals surface area contributed by atoms with E-state index in [2.05, 4.69) is 0 Å². The molecule has 0 aliphatic heterocycles. The Hall–Kier alpha value is -1.71. The van der Waals surface area contributed by atoms with E-state index in [1.165, 1.54) is 6.92 Å². The minimum Gasteiger partial charge on any atom is -0.438 e. The molecule has 1 aromatic rings. The van der Waals surface area contributed by atoms with Crippen molar-refractivity contribution in [2.45, 2.75) is 12.0 Å². The molecule has 1 rings (SSSR count). The molecule has 1 aromatic heterocycles. The summed E-state index contributed by atoms with van der Waals surface area (Å²) in [6.07, 6.45) is 0. The smallest absolute Gasteiger partial charge is 0.296 e. The quantitative estimate of drug-likeness (QED) is 0.713. The first-order valence-electron chi connectivity index (χ1n) is 4.92. The van der Waals surface area contributed by atoms with Gasteiger partial charge in [0.1, 0.15) is 0 Å². The predicted octanol–water partition coefficient (Wildman–Crippen LogP) is -1.13. The molecule has 0 aliphatic carbocycles. The molecule has 0 saturated heterocycles. The molecule has 100 valence electrons. The molecule has 2 amide bonds. The van der Waals surface area contributed by atoms with Gasteiger partial charge in [-0.05, 0) is 12.1 Å². The molecule has 18 heavy (non-hydrogen) atoms. The van der Waals surface area contributed by atoms with Crippen LogP contribution >= 0.6 is 0 Å². The number of carbonyl (C=O) groups is 2. The number of nitrogens with zero attached hydrogens (tertiary/aromatic N) is 1. The fourth-order valence-corrected chi connectivity index (χ4v) is 1.72. The Morgan fingerprint density at radius 1 is 1.39 bits per heavy atom. The summed E-state index contributed by atoms with van der Waals surface area (Å²) >= 11 is 0. The first-order chi connectivity index (χ1) is 8.27. The van der Waals surface area contributed by atoms with E-state index in [0.29, 0.717) is 0 Å². The number of carbonyl (C=O) groups excluding carboxylic acids is 2. The lowest BCUT2D eigenvalue weighted by atomic mass is 10.3. The third-order valence-corrected chi connectivity index (χ3v) is 2.83. The van der Waals surface area contributed by atoms with Crippen LogP contribution in [-0.2, 0) is 14.8 Å². The molecule has 0 unspecified atom stereocenters. The van der Waals surface area contributed by atoms with Crippen LogP contribution < -0.4 is 10.9 Å². The maximum Gasteiger partial charge on any atom is 0.296 e. The number of primary sulfonamides is 1. The molecular weight excluding hydrogens is 262 g/mol. The van der Waals surface area contributed by atoms with Crippen LogP contribution in [0.15, 0.2) is 21.6 Å². The average molecular weight is 275 g/mol. The Balaban J connectivity index is 3.03. The topological polar surface area (TPSA) is 137 Å². The lowest BCUT2D eigenvalue weighted by Gasteiger charge is -2.16. The van der Waals surface area contributed by atoms with Crippen LogP contribution in [-0.4, -0.2) is 38.2 Å². The molecule has 0 radical (unpaired) electrons. The third kappa shape index (κ3) is 3.15. The molecule has 0 aromatic carbocycles. The second-order valence-electron chi connectivity index (χ2n) is 3.43. The van der Waals surface area contributed by atoms with Crippen molar-refractivity contribution in [2.24, 2.45) is 10.9 Å². The largest absolute Gasteiger partial charge is 0.438 e. The van der Waals surface area contributed by atoms with Crippen LogP contribution in [0.25, 0.3) is 0 Å². The lowest BCUT2D eigenvalue weighted by molar-refractivity contribution is -0.126. The normalized spacial score (nSPS) is 11.3. The summed E-state index contributed by atoms with van der Waals surface area (Å²) < 4.78 is 26.7. The molecule has 0 bridgehead atoms. The molecule has 0 atom stereocenters. The molecule has 4 N–H and O–H groups in total. The highest BCUT2D eigenvalue weighted by Gasteiger charge is 2.24. The Morgan fingerprint density at radius 3 is 2.39 bits per heavy atom. The van der Waals surface area contributed by atoms with E-state index in [0.717, 1.165) is 17.0 Å². The van der Waals surface area contributed by atoms with Gasteiger partial charge in [0.05, 0.1) is 0 Å². The summed E-state index contributed by atoms with van der Waals surface area (Å²) in [7, 11) is -4.02. The van der Waals surface area contributed by atoms with Gasteiger partial charge in [-0.25, -0.2) is 13.6 Å². The number of hydrogen-bond donors (Lipinski definition) is 2. The van der Waals surface area contributed by atoms with Crippen LogP contribution in [0.5, 0.6) is 0 Å². The van der Waals surface area contributed by atoms with Crippen molar-refractivity contribution in [1.29, 1.82) is 0 Å². The number of furan rings is 1. The van der Waals surface area contributed by atoms with Crippen LogP contribution in [0.2, 0.25) is 0 Å². The van der Waals surface area contributed by atoms with E-state index in [4.69, 9.17) is 15.3 Å². The van der Waals surface area contributed by atoms with Crippen LogP contribution in [0, 0.1) is 0 Å². The highest BCUT2D eigenvalue weighted by Crippen LogP contribution is 2.14. The Bertz CT molecular complexity index is 563. The SMILES string of the molecule is CC(=O)N(CCN)C(=O)c1ccc(S(N)(=O)=O)o1. The van der Waals surface area contributed by atoms with Gasteiger partial charge in [-0.1, -0.05) is 0 Å². The van der Waals surface area contributed by atoms with E-state index in [1.54, 1.807) is 0 Å². The lowest BCUT2D eigenvalue weighted by Crippen LogP contribution is -2.38. The third-order valence-electron chi connectivity index (χ3n) is 2.05. The fourth-order valence-electron chi connectivity index (χ4n) is 1.25. The molecule has 1 heterocycles.